The molecule has 0 spiro atoms. The van der Waals surface area contributed by atoms with Crippen molar-refractivity contribution in [1.82, 2.24) is 4.72 Å². The van der Waals surface area contributed by atoms with Crippen LogP contribution in [-0.2, 0) is 23.0 Å². The molecular formula is C25H26N2O5S. The predicted molar refractivity (Wildman–Crippen MR) is 126 cm³/mol. The Morgan fingerprint density at radius 1 is 1.00 bits per heavy atom. The lowest BCUT2D eigenvalue weighted by molar-refractivity contribution is 0.0981. The third kappa shape index (κ3) is 4.58. The molecule has 0 saturated carbocycles. The number of fused-ring (bicyclic) bond motifs is 1. The molecular weight excluding hydrogens is 440 g/mol. The Bertz CT molecular complexity index is 1280. The van der Waals surface area contributed by atoms with Crippen molar-refractivity contribution in [3.63, 3.8) is 0 Å². The van der Waals surface area contributed by atoms with Crippen LogP contribution in [0.2, 0.25) is 0 Å². The zero-order valence-electron chi connectivity index (χ0n) is 18.7. The normalized spacial score (nSPS) is 15.2. The number of nitrogens with zero attached hydrogens (tertiary/aromatic N) is 1. The van der Waals surface area contributed by atoms with Crippen LogP contribution < -0.4 is 19.1 Å². The summed E-state index contributed by atoms with van der Waals surface area (Å²) in [5.74, 6) is 0.722. The quantitative estimate of drug-likeness (QED) is 0.573. The van der Waals surface area contributed by atoms with Crippen molar-refractivity contribution in [2.24, 2.45) is 0 Å². The summed E-state index contributed by atoms with van der Waals surface area (Å²) in [5.41, 5.74) is 3.27. The van der Waals surface area contributed by atoms with Gasteiger partial charge in [-0.3, -0.25) is 4.79 Å². The third-order valence-electron chi connectivity index (χ3n) is 5.74. The van der Waals surface area contributed by atoms with E-state index in [9.17, 15) is 13.2 Å². The Labute approximate surface area is 194 Å². The SMILES string of the molecule is COc1ccc(S(=O)(=O)NCc2ccc3c(c2)N(C(=O)c2ccccc2)[C@@H](C)C3)cc1OC. The van der Waals surface area contributed by atoms with Crippen molar-refractivity contribution < 1.29 is 22.7 Å². The topological polar surface area (TPSA) is 84.9 Å². The van der Waals surface area contributed by atoms with Crippen LogP contribution in [0, 0.1) is 0 Å². The Balaban J connectivity index is 1.55. The lowest BCUT2D eigenvalue weighted by Gasteiger charge is -2.23. The van der Waals surface area contributed by atoms with Crippen molar-refractivity contribution in [1.29, 1.82) is 0 Å². The first-order valence-corrected chi connectivity index (χ1v) is 12.0. The summed E-state index contributed by atoms with van der Waals surface area (Å²) in [6.07, 6.45) is 0.756. The largest absolute Gasteiger partial charge is 0.493 e. The highest BCUT2D eigenvalue weighted by molar-refractivity contribution is 7.89. The number of nitrogens with one attached hydrogen (secondary N) is 1. The lowest BCUT2D eigenvalue weighted by atomic mass is 10.1. The fourth-order valence-electron chi connectivity index (χ4n) is 4.04. The Morgan fingerprint density at radius 2 is 1.73 bits per heavy atom. The van der Waals surface area contributed by atoms with Crippen LogP contribution in [0.5, 0.6) is 11.5 Å². The summed E-state index contributed by atoms with van der Waals surface area (Å²) in [5, 5.41) is 0. The summed E-state index contributed by atoms with van der Waals surface area (Å²) in [6.45, 7) is 2.10. The molecule has 1 atom stereocenters. The minimum atomic E-state index is -3.78. The molecule has 172 valence electrons. The number of rotatable bonds is 7. The molecule has 1 aliphatic heterocycles. The number of sulfonamides is 1. The Morgan fingerprint density at radius 3 is 2.42 bits per heavy atom. The number of benzene rings is 3. The number of hydrogen-bond acceptors (Lipinski definition) is 5. The van der Waals surface area contributed by atoms with Crippen molar-refractivity contribution in [3.8, 4) is 11.5 Å². The maximum absolute atomic E-state index is 13.1. The fourth-order valence-corrected chi connectivity index (χ4v) is 5.07. The minimum Gasteiger partial charge on any atom is -0.493 e. The molecule has 8 heteroatoms. The number of carbonyl (C=O) groups excluding carboxylic acids is 1. The second-order valence-corrected chi connectivity index (χ2v) is 9.67. The summed E-state index contributed by atoms with van der Waals surface area (Å²) < 4.78 is 38.7. The van der Waals surface area contributed by atoms with Crippen molar-refractivity contribution in [2.45, 2.75) is 30.8 Å². The molecule has 0 aliphatic carbocycles. The monoisotopic (exact) mass is 466 g/mol. The van der Waals surface area contributed by atoms with E-state index in [1.54, 1.807) is 23.1 Å². The van der Waals surface area contributed by atoms with Crippen LogP contribution in [0.25, 0.3) is 0 Å². The number of amides is 1. The van der Waals surface area contributed by atoms with Gasteiger partial charge in [0.1, 0.15) is 0 Å². The average Bonchev–Trinajstić information content (AvgIpc) is 3.17. The molecule has 3 aromatic rings. The smallest absolute Gasteiger partial charge is 0.258 e. The summed E-state index contributed by atoms with van der Waals surface area (Å²) in [7, 11) is -0.835. The van der Waals surface area contributed by atoms with Crippen LogP contribution in [0.3, 0.4) is 0 Å². The molecule has 0 bridgehead atoms. The maximum atomic E-state index is 13.1. The molecule has 33 heavy (non-hydrogen) atoms. The van der Waals surface area contributed by atoms with Crippen molar-refractivity contribution in [3.05, 3.63) is 83.4 Å². The lowest BCUT2D eigenvalue weighted by Crippen LogP contribution is -2.35. The first kappa shape index (κ1) is 22.8. The number of hydrogen-bond donors (Lipinski definition) is 1. The second kappa shape index (κ2) is 9.25. The van der Waals surface area contributed by atoms with E-state index in [1.165, 1.54) is 26.4 Å². The van der Waals surface area contributed by atoms with E-state index in [4.69, 9.17) is 9.47 Å². The molecule has 0 radical (unpaired) electrons. The second-order valence-electron chi connectivity index (χ2n) is 7.90. The van der Waals surface area contributed by atoms with E-state index in [0.29, 0.717) is 17.1 Å². The van der Waals surface area contributed by atoms with Crippen LogP contribution in [0.15, 0.2) is 71.6 Å². The van der Waals surface area contributed by atoms with E-state index >= 15 is 0 Å². The van der Waals surface area contributed by atoms with Gasteiger partial charge >= 0.3 is 0 Å². The van der Waals surface area contributed by atoms with Crippen molar-refractivity contribution >= 4 is 21.6 Å². The molecule has 0 unspecified atom stereocenters. The van der Waals surface area contributed by atoms with Gasteiger partial charge in [0, 0.05) is 29.9 Å². The average molecular weight is 467 g/mol. The molecule has 3 aromatic carbocycles. The molecule has 0 fully saturated rings. The molecule has 7 nitrogen and oxygen atoms in total. The van der Waals surface area contributed by atoms with Gasteiger partial charge < -0.3 is 14.4 Å². The first-order valence-electron chi connectivity index (χ1n) is 10.6. The molecule has 1 aliphatic rings. The summed E-state index contributed by atoms with van der Waals surface area (Å²) >= 11 is 0. The van der Waals surface area contributed by atoms with Gasteiger partial charge in [-0.2, -0.15) is 0 Å². The molecule has 1 amide bonds. The Hall–Kier alpha value is -3.36. The number of carbonyl (C=O) groups is 1. The summed E-state index contributed by atoms with van der Waals surface area (Å²) in [6, 6.07) is 19.4. The first-order chi connectivity index (χ1) is 15.8. The zero-order valence-corrected chi connectivity index (χ0v) is 19.6. The molecule has 4 rings (SSSR count). The predicted octanol–water partition coefficient (Wildman–Crippen LogP) is 3.77. The zero-order chi connectivity index (χ0) is 23.6. The van der Waals surface area contributed by atoms with Gasteiger partial charge in [0.05, 0.1) is 19.1 Å². The van der Waals surface area contributed by atoms with Crippen LogP contribution in [0.1, 0.15) is 28.4 Å². The molecule has 1 heterocycles. The highest BCUT2D eigenvalue weighted by Gasteiger charge is 2.31. The van der Waals surface area contributed by atoms with Gasteiger partial charge in [-0.1, -0.05) is 30.3 Å². The number of methoxy groups -OCH3 is 2. The minimum absolute atomic E-state index is 0.0198. The van der Waals surface area contributed by atoms with Gasteiger partial charge in [0.25, 0.3) is 5.91 Å². The fraction of sp³-hybridized carbons (Fsp3) is 0.240. The van der Waals surface area contributed by atoms with Crippen LogP contribution in [-0.4, -0.2) is 34.6 Å². The van der Waals surface area contributed by atoms with E-state index in [-0.39, 0.29) is 23.4 Å². The summed E-state index contributed by atoms with van der Waals surface area (Å²) in [4.78, 5) is 15.0. The highest BCUT2D eigenvalue weighted by atomic mass is 32.2. The van der Waals surface area contributed by atoms with Crippen LogP contribution >= 0.6 is 0 Å². The standard InChI is InChI=1S/C25H26N2O5S/c1-17-13-20-10-9-18(14-22(20)27(17)25(28)19-7-5-4-6-8-19)16-26-33(29,30)21-11-12-23(31-2)24(15-21)32-3/h4-12,14-15,17,26H,13,16H2,1-3H3/t17-/m0/s1. The molecule has 0 saturated heterocycles. The van der Waals surface area contributed by atoms with Gasteiger partial charge in [0.2, 0.25) is 10.0 Å². The van der Waals surface area contributed by atoms with E-state index in [0.717, 1.165) is 23.2 Å². The van der Waals surface area contributed by atoms with E-state index in [2.05, 4.69) is 4.72 Å². The highest BCUT2D eigenvalue weighted by Crippen LogP contribution is 2.34. The van der Waals surface area contributed by atoms with Gasteiger partial charge in [0.15, 0.2) is 11.5 Å². The van der Waals surface area contributed by atoms with Crippen LogP contribution in [0.4, 0.5) is 5.69 Å². The van der Waals surface area contributed by atoms with Gasteiger partial charge in [-0.05, 0) is 54.8 Å². The number of ether oxygens (including phenoxy) is 2. The van der Waals surface area contributed by atoms with Gasteiger partial charge in [-0.25, -0.2) is 13.1 Å². The third-order valence-corrected chi connectivity index (χ3v) is 7.14. The maximum Gasteiger partial charge on any atom is 0.258 e. The van der Waals surface area contributed by atoms with Crippen molar-refractivity contribution in [2.75, 3.05) is 19.1 Å². The van der Waals surface area contributed by atoms with Gasteiger partial charge in [-0.15, -0.1) is 0 Å². The molecule has 1 N–H and O–H groups in total. The van der Waals surface area contributed by atoms with E-state index in [1.807, 2.05) is 43.3 Å². The van der Waals surface area contributed by atoms with E-state index < -0.39 is 10.0 Å². The molecule has 0 aromatic heterocycles. The Kier molecular flexibility index (Phi) is 6.40. The number of anilines is 1.